The van der Waals surface area contributed by atoms with Gasteiger partial charge >= 0.3 is 5.97 Å². The zero-order valence-corrected chi connectivity index (χ0v) is 10.3. The predicted molar refractivity (Wildman–Crippen MR) is 64.1 cm³/mol. The van der Waals surface area contributed by atoms with E-state index in [4.69, 9.17) is 5.11 Å². The molecule has 8 nitrogen and oxygen atoms in total. The molecule has 0 saturated carbocycles. The van der Waals surface area contributed by atoms with Gasteiger partial charge in [-0.15, -0.1) is 10.2 Å². The highest BCUT2D eigenvalue weighted by molar-refractivity contribution is 5.91. The molecule has 0 bridgehead atoms. The molecule has 0 aliphatic carbocycles. The number of hydrogen-bond acceptors (Lipinski definition) is 5. The monoisotopic (exact) mass is 261 g/mol. The first-order valence-corrected chi connectivity index (χ1v) is 5.34. The lowest BCUT2D eigenvalue weighted by atomic mass is 10.3. The topological polar surface area (TPSA) is 101 Å². The van der Waals surface area contributed by atoms with E-state index in [0.29, 0.717) is 5.82 Å². The van der Waals surface area contributed by atoms with E-state index in [0.717, 1.165) is 0 Å². The van der Waals surface area contributed by atoms with E-state index in [1.807, 2.05) is 0 Å². The quantitative estimate of drug-likeness (QED) is 0.838. The second-order valence-corrected chi connectivity index (χ2v) is 3.93. The van der Waals surface area contributed by atoms with Crippen molar-refractivity contribution in [3.05, 3.63) is 35.8 Å². The van der Waals surface area contributed by atoms with Gasteiger partial charge < -0.3 is 10.0 Å². The van der Waals surface area contributed by atoms with Gasteiger partial charge in [0.2, 0.25) is 0 Å². The van der Waals surface area contributed by atoms with Crippen molar-refractivity contribution >= 4 is 11.9 Å². The summed E-state index contributed by atoms with van der Waals surface area (Å²) in [7, 11) is 3.23. The van der Waals surface area contributed by atoms with Crippen LogP contribution in [0.3, 0.4) is 0 Å². The summed E-state index contributed by atoms with van der Waals surface area (Å²) in [5.41, 5.74) is 0.120. The van der Waals surface area contributed by atoms with Crippen LogP contribution in [0.1, 0.15) is 21.0 Å². The Kier molecular flexibility index (Phi) is 3.23. The van der Waals surface area contributed by atoms with Crippen molar-refractivity contribution < 1.29 is 14.7 Å². The lowest BCUT2D eigenvalue weighted by Crippen LogP contribution is -2.23. The third kappa shape index (κ3) is 2.57. The molecule has 8 heteroatoms. The van der Waals surface area contributed by atoms with Gasteiger partial charge in [0.25, 0.3) is 5.91 Å². The van der Waals surface area contributed by atoms with Crippen molar-refractivity contribution in [3.8, 4) is 5.82 Å². The molecule has 0 unspecified atom stereocenters. The van der Waals surface area contributed by atoms with Gasteiger partial charge in [0.15, 0.2) is 17.2 Å². The number of carbonyl (C=O) groups is 2. The van der Waals surface area contributed by atoms with Crippen molar-refractivity contribution in [2.75, 3.05) is 14.1 Å². The third-order valence-electron chi connectivity index (χ3n) is 2.32. The summed E-state index contributed by atoms with van der Waals surface area (Å²) >= 11 is 0. The fraction of sp³-hybridized carbons (Fsp3) is 0.182. The molecule has 0 atom stereocenters. The first-order valence-electron chi connectivity index (χ1n) is 5.34. The largest absolute Gasteiger partial charge is 0.476 e. The SMILES string of the molecule is CN(C)C(=O)c1ccc(-n2ccc(C(=O)O)n2)nn1. The molecule has 2 aromatic heterocycles. The number of aromatic nitrogens is 4. The summed E-state index contributed by atoms with van der Waals surface area (Å²) in [5, 5.41) is 20.2. The zero-order chi connectivity index (χ0) is 14.0. The Balaban J connectivity index is 2.27. The summed E-state index contributed by atoms with van der Waals surface area (Å²) < 4.78 is 1.28. The standard InChI is InChI=1S/C11H11N5O3/c1-15(2)10(17)7-3-4-9(13-12-7)16-6-5-8(14-16)11(18)19/h3-6H,1-2H3,(H,18,19). The molecule has 1 amide bonds. The molecule has 0 radical (unpaired) electrons. The molecule has 2 rings (SSSR count). The molecule has 1 N–H and O–H groups in total. The van der Waals surface area contributed by atoms with Crippen molar-refractivity contribution in [1.29, 1.82) is 0 Å². The Morgan fingerprint density at radius 1 is 1.16 bits per heavy atom. The maximum Gasteiger partial charge on any atom is 0.356 e. The van der Waals surface area contributed by atoms with Crippen molar-refractivity contribution in [2.45, 2.75) is 0 Å². The summed E-state index contributed by atoms with van der Waals surface area (Å²) in [5.74, 6) is -1.04. The van der Waals surface area contributed by atoms with Crippen LogP contribution in [0, 0.1) is 0 Å². The molecular formula is C11H11N5O3. The van der Waals surface area contributed by atoms with E-state index in [-0.39, 0.29) is 17.3 Å². The number of nitrogens with zero attached hydrogens (tertiary/aromatic N) is 5. The molecule has 0 saturated heterocycles. The Labute approximate surface area is 108 Å². The normalized spacial score (nSPS) is 10.2. The molecule has 0 aliphatic heterocycles. The molecule has 0 aliphatic rings. The minimum atomic E-state index is -1.12. The van der Waals surface area contributed by atoms with Gasteiger partial charge in [-0.05, 0) is 18.2 Å². The summed E-state index contributed by atoms with van der Waals surface area (Å²) in [6.45, 7) is 0. The van der Waals surface area contributed by atoms with Crippen molar-refractivity contribution in [2.24, 2.45) is 0 Å². The van der Waals surface area contributed by atoms with Crippen molar-refractivity contribution in [3.63, 3.8) is 0 Å². The number of amides is 1. The molecule has 2 aromatic rings. The maximum atomic E-state index is 11.6. The van der Waals surface area contributed by atoms with Crippen LogP contribution in [0.4, 0.5) is 0 Å². The number of aromatic carboxylic acids is 1. The van der Waals surface area contributed by atoms with E-state index in [2.05, 4.69) is 15.3 Å². The number of carbonyl (C=O) groups excluding carboxylic acids is 1. The Hall–Kier alpha value is -2.77. The van der Waals surface area contributed by atoms with Crippen LogP contribution >= 0.6 is 0 Å². The van der Waals surface area contributed by atoms with Gasteiger partial charge in [0.1, 0.15) is 0 Å². The molecular weight excluding hydrogens is 250 g/mol. The number of rotatable bonds is 3. The van der Waals surface area contributed by atoms with E-state index in [1.54, 1.807) is 20.2 Å². The fourth-order valence-corrected chi connectivity index (χ4v) is 1.36. The predicted octanol–water partition coefficient (Wildman–Crippen LogP) is 0.0623. The first kappa shape index (κ1) is 12.7. The summed E-state index contributed by atoms with van der Waals surface area (Å²) in [6, 6.07) is 4.40. The lowest BCUT2D eigenvalue weighted by molar-refractivity contribution is 0.0689. The molecule has 0 fully saturated rings. The second-order valence-electron chi connectivity index (χ2n) is 3.93. The Morgan fingerprint density at radius 2 is 1.89 bits per heavy atom. The average Bonchev–Trinajstić information content (AvgIpc) is 2.87. The minimum Gasteiger partial charge on any atom is -0.476 e. The van der Waals surface area contributed by atoms with Crippen LogP contribution in [0.5, 0.6) is 0 Å². The third-order valence-corrected chi connectivity index (χ3v) is 2.32. The molecule has 0 spiro atoms. The van der Waals surface area contributed by atoms with Gasteiger partial charge in [0.05, 0.1) is 0 Å². The Bertz CT molecular complexity index is 618. The highest BCUT2D eigenvalue weighted by Crippen LogP contribution is 2.05. The van der Waals surface area contributed by atoms with Crippen LogP contribution in [0.15, 0.2) is 24.4 Å². The van der Waals surface area contributed by atoms with Gasteiger partial charge in [-0.2, -0.15) is 5.10 Å². The van der Waals surface area contributed by atoms with E-state index in [9.17, 15) is 9.59 Å². The molecule has 98 valence electrons. The molecule has 0 aromatic carbocycles. The van der Waals surface area contributed by atoms with E-state index in [1.165, 1.54) is 27.9 Å². The molecule has 2 heterocycles. The van der Waals surface area contributed by atoms with Crippen LogP contribution in [-0.2, 0) is 0 Å². The average molecular weight is 261 g/mol. The number of carboxylic acid groups (broad SMARTS) is 1. The first-order chi connectivity index (χ1) is 8.99. The van der Waals surface area contributed by atoms with Gasteiger partial charge in [-0.1, -0.05) is 0 Å². The lowest BCUT2D eigenvalue weighted by Gasteiger charge is -2.08. The van der Waals surface area contributed by atoms with Gasteiger partial charge in [-0.25, -0.2) is 9.48 Å². The second kappa shape index (κ2) is 4.84. The van der Waals surface area contributed by atoms with E-state index >= 15 is 0 Å². The van der Waals surface area contributed by atoms with Crippen LogP contribution in [-0.4, -0.2) is 56.0 Å². The zero-order valence-electron chi connectivity index (χ0n) is 10.3. The summed E-state index contributed by atoms with van der Waals surface area (Å²) in [6.07, 6.45) is 1.46. The smallest absolute Gasteiger partial charge is 0.356 e. The highest BCUT2D eigenvalue weighted by atomic mass is 16.4. The minimum absolute atomic E-state index is 0.0877. The van der Waals surface area contributed by atoms with Crippen molar-refractivity contribution in [1.82, 2.24) is 24.9 Å². The van der Waals surface area contributed by atoms with Gasteiger partial charge in [0, 0.05) is 20.3 Å². The van der Waals surface area contributed by atoms with Gasteiger partial charge in [-0.3, -0.25) is 4.79 Å². The Morgan fingerprint density at radius 3 is 2.37 bits per heavy atom. The van der Waals surface area contributed by atoms with Crippen LogP contribution in [0.25, 0.3) is 5.82 Å². The number of carboxylic acids is 1. The van der Waals surface area contributed by atoms with E-state index < -0.39 is 5.97 Å². The number of hydrogen-bond donors (Lipinski definition) is 1. The highest BCUT2D eigenvalue weighted by Gasteiger charge is 2.12. The molecule has 19 heavy (non-hydrogen) atoms. The fourth-order valence-electron chi connectivity index (χ4n) is 1.36. The summed E-state index contributed by atoms with van der Waals surface area (Å²) in [4.78, 5) is 23.7. The maximum absolute atomic E-state index is 11.6. The van der Waals surface area contributed by atoms with Crippen LogP contribution < -0.4 is 0 Å². The van der Waals surface area contributed by atoms with Crippen LogP contribution in [0.2, 0.25) is 0 Å².